The molecule has 7 nitrogen and oxygen atoms in total. The van der Waals surface area contributed by atoms with E-state index in [1.54, 1.807) is 11.0 Å². The van der Waals surface area contributed by atoms with Gasteiger partial charge in [-0.1, -0.05) is 0 Å². The van der Waals surface area contributed by atoms with Gasteiger partial charge in [-0.25, -0.2) is 4.79 Å². The standard InChI is InChI=1S/C11H12N4O3/c12-5-8-6-15(11(18)13-10(8)17)7-9(16)14-3-1-2-4-14/h6H,1-4,7H2,(H,13,17,18). The summed E-state index contributed by atoms with van der Waals surface area (Å²) in [6.45, 7) is 1.24. The van der Waals surface area contributed by atoms with Gasteiger partial charge in [0.15, 0.2) is 0 Å². The van der Waals surface area contributed by atoms with Crippen molar-refractivity contribution in [3.63, 3.8) is 0 Å². The summed E-state index contributed by atoms with van der Waals surface area (Å²) < 4.78 is 1.06. The molecule has 2 rings (SSSR count). The fraction of sp³-hybridized carbons (Fsp3) is 0.455. The van der Waals surface area contributed by atoms with Gasteiger partial charge in [0.25, 0.3) is 5.56 Å². The van der Waals surface area contributed by atoms with E-state index < -0.39 is 11.2 Å². The highest BCUT2D eigenvalue weighted by molar-refractivity contribution is 5.76. The third-order valence-electron chi connectivity index (χ3n) is 2.90. The monoisotopic (exact) mass is 248 g/mol. The second-order valence-electron chi connectivity index (χ2n) is 4.13. The summed E-state index contributed by atoms with van der Waals surface area (Å²) in [5.74, 6) is -0.175. The maximum absolute atomic E-state index is 11.8. The van der Waals surface area contributed by atoms with Crippen LogP contribution in [0.25, 0.3) is 0 Å². The number of carbonyl (C=O) groups excluding carboxylic acids is 1. The molecule has 2 heterocycles. The highest BCUT2D eigenvalue weighted by Crippen LogP contribution is 2.07. The highest BCUT2D eigenvalue weighted by Gasteiger charge is 2.18. The summed E-state index contributed by atoms with van der Waals surface area (Å²) in [7, 11) is 0. The Kier molecular flexibility index (Phi) is 3.28. The summed E-state index contributed by atoms with van der Waals surface area (Å²) in [4.78, 5) is 38.2. The second kappa shape index (κ2) is 4.87. The molecule has 1 aromatic rings. The van der Waals surface area contributed by atoms with Crippen molar-refractivity contribution in [3.05, 3.63) is 32.6 Å². The van der Waals surface area contributed by atoms with Crippen LogP contribution in [0.3, 0.4) is 0 Å². The predicted octanol–water partition coefficient (Wildman–Crippen LogP) is -0.969. The normalized spacial score (nSPS) is 14.5. The van der Waals surface area contributed by atoms with Crippen LogP contribution in [0.1, 0.15) is 18.4 Å². The lowest BCUT2D eigenvalue weighted by Crippen LogP contribution is -2.37. The van der Waals surface area contributed by atoms with Crippen LogP contribution in [-0.2, 0) is 11.3 Å². The van der Waals surface area contributed by atoms with Gasteiger partial charge in [-0.15, -0.1) is 0 Å². The van der Waals surface area contributed by atoms with Gasteiger partial charge in [-0.05, 0) is 12.8 Å². The molecule has 0 unspecified atom stereocenters. The van der Waals surface area contributed by atoms with Crippen LogP contribution in [0.5, 0.6) is 0 Å². The Bertz CT molecular complexity index is 616. The molecular weight excluding hydrogens is 236 g/mol. The van der Waals surface area contributed by atoms with Gasteiger partial charge in [0.2, 0.25) is 5.91 Å². The molecule has 0 bridgehead atoms. The molecule has 0 saturated carbocycles. The Morgan fingerprint density at radius 2 is 2.06 bits per heavy atom. The van der Waals surface area contributed by atoms with E-state index in [0.717, 1.165) is 23.6 Å². The number of H-pyrrole nitrogens is 1. The molecule has 1 aliphatic heterocycles. The molecule has 1 fully saturated rings. The molecule has 1 aromatic heterocycles. The van der Waals surface area contributed by atoms with E-state index >= 15 is 0 Å². The first kappa shape index (κ1) is 12.1. The molecule has 0 aromatic carbocycles. The SMILES string of the molecule is N#Cc1cn(CC(=O)N2CCCC2)c(=O)[nH]c1=O. The average molecular weight is 248 g/mol. The number of aromatic amines is 1. The van der Waals surface area contributed by atoms with E-state index in [0.29, 0.717) is 13.1 Å². The van der Waals surface area contributed by atoms with E-state index in [1.165, 1.54) is 0 Å². The predicted molar refractivity (Wildman–Crippen MR) is 61.9 cm³/mol. The van der Waals surface area contributed by atoms with Crippen molar-refractivity contribution >= 4 is 5.91 Å². The quantitative estimate of drug-likeness (QED) is 0.727. The third kappa shape index (κ3) is 2.32. The summed E-state index contributed by atoms with van der Waals surface area (Å²) in [5.41, 5.74) is -1.58. The number of nitrogens with zero attached hydrogens (tertiary/aromatic N) is 3. The lowest BCUT2D eigenvalue weighted by atomic mass is 10.3. The molecule has 0 aliphatic carbocycles. The molecule has 94 valence electrons. The topological polar surface area (TPSA) is 99.0 Å². The summed E-state index contributed by atoms with van der Waals surface area (Å²) in [5, 5.41) is 8.70. The number of nitriles is 1. The number of hydrogen-bond acceptors (Lipinski definition) is 4. The van der Waals surface area contributed by atoms with Crippen LogP contribution < -0.4 is 11.2 Å². The van der Waals surface area contributed by atoms with Crippen LogP contribution in [0.15, 0.2) is 15.8 Å². The van der Waals surface area contributed by atoms with E-state index in [2.05, 4.69) is 0 Å². The number of amides is 1. The van der Waals surface area contributed by atoms with Crippen molar-refractivity contribution in [3.8, 4) is 6.07 Å². The number of nitrogens with one attached hydrogen (secondary N) is 1. The fourth-order valence-corrected chi connectivity index (χ4v) is 1.92. The van der Waals surface area contributed by atoms with E-state index in [4.69, 9.17) is 5.26 Å². The zero-order chi connectivity index (χ0) is 13.1. The van der Waals surface area contributed by atoms with Crippen LogP contribution in [-0.4, -0.2) is 33.4 Å². The van der Waals surface area contributed by atoms with Crippen LogP contribution in [0, 0.1) is 11.3 Å². The Morgan fingerprint density at radius 1 is 1.39 bits per heavy atom. The van der Waals surface area contributed by atoms with Crippen LogP contribution in [0.2, 0.25) is 0 Å². The van der Waals surface area contributed by atoms with Crippen molar-refractivity contribution in [1.82, 2.24) is 14.5 Å². The van der Waals surface area contributed by atoms with Crippen LogP contribution in [0.4, 0.5) is 0 Å². The molecule has 1 N–H and O–H groups in total. The summed E-state index contributed by atoms with van der Waals surface area (Å²) in [6.07, 6.45) is 3.06. The summed E-state index contributed by atoms with van der Waals surface area (Å²) in [6, 6.07) is 1.68. The molecular formula is C11H12N4O3. The number of hydrogen-bond donors (Lipinski definition) is 1. The number of likely N-dealkylation sites (tertiary alicyclic amines) is 1. The molecule has 7 heteroatoms. The lowest BCUT2D eigenvalue weighted by Gasteiger charge is -2.15. The molecule has 1 saturated heterocycles. The first-order valence-electron chi connectivity index (χ1n) is 5.63. The Labute approximate surface area is 102 Å². The van der Waals surface area contributed by atoms with Crippen molar-refractivity contribution in [2.24, 2.45) is 0 Å². The third-order valence-corrected chi connectivity index (χ3v) is 2.90. The first-order chi connectivity index (χ1) is 8.61. The minimum absolute atomic E-state index is 0.149. The molecule has 1 amide bonds. The van der Waals surface area contributed by atoms with Gasteiger partial charge < -0.3 is 4.90 Å². The molecule has 0 atom stereocenters. The maximum atomic E-state index is 11.8. The number of carbonyl (C=O) groups is 1. The number of aromatic nitrogens is 2. The van der Waals surface area contributed by atoms with Gasteiger partial charge in [0.05, 0.1) is 0 Å². The van der Waals surface area contributed by atoms with Crippen molar-refractivity contribution in [1.29, 1.82) is 5.26 Å². The second-order valence-corrected chi connectivity index (χ2v) is 4.13. The molecule has 1 aliphatic rings. The first-order valence-corrected chi connectivity index (χ1v) is 5.63. The van der Waals surface area contributed by atoms with Crippen molar-refractivity contribution in [2.45, 2.75) is 19.4 Å². The van der Waals surface area contributed by atoms with Crippen molar-refractivity contribution in [2.75, 3.05) is 13.1 Å². The van der Waals surface area contributed by atoms with Gasteiger partial charge in [-0.3, -0.25) is 19.1 Å². The van der Waals surface area contributed by atoms with Crippen LogP contribution >= 0.6 is 0 Å². The maximum Gasteiger partial charge on any atom is 0.328 e. The molecule has 0 spiro atoms. The van der Waals surface area contributed by atoms with Gasteiger partial charge in [0.1, 0.15) is 18.2 Å². The Morgan fingerprint density at radius 3 is 2.67 bits per heavy atom. The molecule has 18 heavy (non-hydrogen) atoms. The minimum Gasteiger partial charge on any atom is -0.341 e. The largest absolute Gasteiger partial charge is 0.341 e. The Balaban J connectivity index is 2.24. The number of rotatable bonds is 2. The summed E-state index contributed by atoms with van der Waals surface area (Å²) >= 11 is 0. The van der Waals surface area contributed by atoms with E-state index in [1.807, 2.05) is 4.98 Å². The van der Waals surface area contributed by atoms with Gasteiger partial charge in [0, 0.05) is 19.3 Å². The minimum atomic E-state index is -0.729. The zero-order valence-electron chi connectivity index (χ0n) is 9.68. The fourth-order valence-electron chi connectivity index (χ4n) is 1.92. The van der Waals surface area contributed by atoms with Gasteiger partial charge in [-0.2, -0.15) is 5.26 Å². The average Bonchev–Trinajstić information content (AvgIpc) is 2.86. The molecule has 0 radical (unpaired) electrons. The van der Waals surface area contributed by atoms with E-state index in [-0.39, 0.29) is 18.0 Å². The highest BCUT2D eigenvalue weighted by atomic mass is 16.2. The van der Waals surface area contributed by atoms with Crippen molar-refractivity contribution < 1.29 is 4.79 Å². The van der Waals surface area contributed by atoms with E-state index in [9.17, 15) is 14.4 Å². The smallest absolute Gasteiger partial charge is 0.328 e. The Hall–Kier alpha value is -2.36. The van der Waals surface area contributed by atoms with Gasteiger partial charge >= 0.3 is 5.69 Å². The lowest BCUT2D eigenvalue weighted by molar-refractivity contribution is -0.130. The zero-order valence-corrected chi connectivity index (χ0v) is 9.68.